The van der Waals surface area contributed by atoms with Crippen molar-refractivity contribution >= 4 is 11.8 Å². The molecule has 0 heterocycles. The van der Waals surface area contributed by atoms with Gasteiger partial charge in [-0.05, 0) is 58.9 Å². The summed E-state index contributed by atoms with van der Waals surface area (Å²) >= 11 is 0. The lowest BCUT2D eigenvalue weighted by Crippen LogP contribution is -2.48. The van der Waals surface area contributed by atoms with E-state index in [-0.39, 0.29) is 17.9 Å². The maximum atomic E-state index is 12.3. The first kappa shape index (κ1) is 22.3. The van der Waals surface area contributed by atoms with Gasteiger partial charge >= 0.3 is 0 Å². The number of carbonyl (C=O) groups excluding carboxylic acids is 2. The van der Waals surface area contributed by atoms with Gasteiger partial charge in [0.25, 0.3) is 11.8 Å². The number of nitrogens with one attached hydrogen (secondary N) is 2. The van der Waals surface area contributed by atoms with Gasteiger partial charge in [0.1, 0.15) is 11.5 Å². The van der Waals surface area contributed by atoms with Crippen molar-refractivity contribution < 1.29 is 19.1 Å². The molecule has 0 bridgehead atoms. The Labute approximate surface area is 172 Å². The maximum Gasteiger partial charge on any atom is 0.261 e. The van der Waals surface area contributed by atoms with Crippen molar-refractivity contribution in [1.82, 2.24) is 10.6 Å². The highest BCUT2D eigenvalue weighted by molar-refractivity contribution is 5.82. The Morgan fingerprint density at radius 1 is 0.759 bits per heavy atom. The lowest BCUT2D eigenvalue weighted by molar-refractivity contribution is -0.129. The first-order valence-corrected chi connectivity index (χ1v) is 9.79. The van der Waals surface area contributed by atoms with Gasteiger partial charge in [0.2, 0.25) is 0 Å². The second-order valence-electron chi connectivity index (χ2n) is 7.30. The van der Waals surface area contributed by atoms with Crippen molar-refractivity contribution in [1.29, 1.82) is 0 Å². The van der Waals surface area contributed by atoms with Crippen LogP contribution in [0.1, 0.15) is 31.9 Å². The molecule has 3 atom stereocenters. The third-order valence-corrected chi connectivity index (χ3v) is 4.38. The van der Waals surface area contributed by atoms with Gasteiger partial charge in [0, 0.05) is 12.6 Å². The quantitative estimate of drug-likeness (QED) is 0.680. The van der Waals surface area contributed by atoms with E-state index in [4.69, 9.17) is 9.47 Å². The molecule has 0 spiro atoms. The van der Waals surface area contributed by atoms with Crippen LogP contribution in [-0.4, -0.2) is 36.6 Å². The van der Waals surface area contributed by atoms with E-state index in [1.807, 2.05) is 69.3 Å². The third-order valence-electron chi connectivity index (χ3n) is 4.38. The number of aryl methyl sites for hydroxylation is 2. The minimum absolute atomic E-state index is 0.240. The van der Waals surface area contributed by atoms with Gasteiger partial charge < -0.3 is 20.1 Å². The molecule has 2 aromatic carbocycles. The highest BCUT2D eigenvalue weighted by atomic mass is 16.5. The van der Waals surface area contributed by atoms with Crippen LogP contribution in [0.2, 0.25) is 0 Å². The Morgan fingerprint density at radius 3 is 1.62 bits per heavy atom. The van der Waals surface area contributed by atoms with Crippen molar-refractivity contribution in [2.45, 2.75) is 52.9 Å². The first-order valence-electron chi connectivity index (χ1n) is 9.79. The molecule has 2 aromatic rings. The molecule has 0 saturated carbocycles. The topological polar surface area (TPSA) is 76.7 Å². The van der Waals surface area contributed by atoms with E-state index in [2.05, 4.69) is 10.6 Å². The van der Waals surface area contributed by atoms with E-state index in [0.29, 0.717) is 18.0 Å². The van der Waals surface area contributed by atoms with Crippen LogP contribution in [0.15, 0.2) is 48.5 Å². The van der Waals surface area contributed by atoms with Gasteiger partial charge in [-0.1, -0.05) is 35.4 Å². The SMILES string of the molecule is Cc1ccc(O[C@@H](C)C(=O)N[C@@H](C)CNC(=O)[C@@H](C)Oc2ccc(C)cc2)cc1. The van der Waals surface area contributed by atoms with E-state index in [9.17, 15) is 9.59 Å². The van der Waals surface area contributed by atoms with Gasteiger partial charge in [-0.15, -0.1) is 0 Å². The van der Waals surface area contributed by atoms with Crippen molar-refractivity contribution in [3.8, 4) is 11.5 Å². The monoisotopic (exact) mass is 398 g/mol. The van der Waals surface area contributed by atoms with Gasteiger partial charge in [0.15, 0.2) is 12.2 Å². The van der Waals surface area contributed by atoms with E-state index in [1.54, 1.807) is 13.8 Å². The summed E-state index contributed by atoms with van der Waals surface area (Å²) in [6.45, 7) is 9.48. The molecule has 29 heavy (non-hydrogen) atoms. The number of ether oxygens (including phenoxy) is 2. The summed E-state index contributed by atoms with van der Waals surface area (Å²) in [5.41, 5.74) is 2.25. The molecule has 0 aliphatic heterocycles. The molecule has 6 nitrogen and oxygen atoms in total. The van der Waals surface area contributed by atoms with Crippen molar-refractivity contribution in [3.63, 3.8) is 0 Å². The van der Waals surface area contributed by atoms with Crippen LogP contribution in [0, 0.1) is 13.8 Å². The Hall–Kier alpha value is -3.02. The van der Waals surface area contributed by atoms with Crippen LogP contribution >= 0.6 is 0 Å². The fourth-order valence-corrected chi connectivity index (χ4v) is 2.56. The zero-order chi connectivity index (χ0) is 21.4. The summed E-state index contributed by atoms with van der Waals surface area (Å²) in [6.07, 6.45) is -1.27. The van der Waals surface area contributed by atoms with Crippen molar-refractivity contribution in [2.75, 3.05) is 6.54 Å². The lowest BCUT2D eigenvalue weighted by atomic mass is 10.2. The maximum absolute atomic E-state index is 12.3. The molecule has 0 aliphatic rings. The van der Waals surface area contributed by atoms with Crippen molar-refractivity contribution in [3.05, 3.63) is 59.7 Å². The lowest BCUT2D eigenvalue weighted by Gasteiger charge is -2.20. The fourth-order valence-electron chi connectivity index (χ4n) is 2.56. The summed E-state index contributed by atoms with van der Waals surface area (Å²) in [5.74, 6) is 0.801. The molecule has 0 fully saturated rings. The van der Waals surface area contributed by atoms with Crippen LogP contribution in [0.5, 0.6) is 11.5 Å². The summed E-state index contributed by atoms with van der Waals surface area (Å²) in [6, 6.07) is 14.8. The predicted molar refractivity (Wildman–Crippen MR) is 113 cm³/mol. The number of rotatable bonds is 9. The second-order valence-corrected chi connectivity index (χ2v) is 7.30. The molecule has 6 heteroatoms. The minimum atomic E-state index is -0.639. The highest BCUT2D eigenvalue weighted by Gasteiger charge is 2.19. The normalized spacial score (nSPS) is 13.7. The Balaban J connectivity index is 1.73. The minimum Gasteiger partial charge on any atom is -0.481 e. The number of benzene rings is 2. The molecule has 0 aromatic heterocycles. The molecular weight excluding hydrogens is 368 g/mol. The number of hydrogen-bond acceptors (Lipinski definition) is 4. The molecule has 2 N–H and O–H groups in total. The van der Waals surface area contributed by atoms with Gasteiger partial charge in [0.05, 0.1) is 0 Å². The summed E-state index contributed by atoms with van der Waals surface area (Å²) in [5, 5.41) is 5.64. The Kier molecular flexibility index (Phi) is 8.07. The van der Waals surface area contributed by atoms with E-state index in [0.717, 1.165) is 11.1 Å². The van der Waals surface area contributed by atoms with Crippen LogP contribution < -0.4 is 20.1 Å². The van der Waals surface area contributed by atoms with Gasteiger partial charge in [-0.3, -0.25) is 9.59 Å². The summed E-state index contributed by atoms with van der Waals surface area (Å²) < 4.78 is 11.3. The summed E-state index contributed by atoms with van der Waals surface area (Å²) in [4.78, 5) is 24.5. The molecule has 0 unspecified atom stereocenters. The van der Waals surface area contributed by atoms with Crippen molar-refractivity contribution in [2.24, 2.45) is 0 Å². The van der Waals surface area contributed by atoms with Crippen LogP contribution in [0.4, 0.5) is 0 Å². The average molecular weight is 399 g/mol. The van der Waals surface area contributed by atoms with Crippen LogP contribution in [0.25, 0.3) is 0 Å². The number of carbonyl (C=O) groups is 2. The standard InChI is InChI=1S/C23H30N2O4/c1-15-6-10-20(11-7-15)28-18(4)22(26)24-14-17(3)25-23(27)19(5)29-21-12-8-16(2)9-13-21/h6-13,17-19H,14H2,1-5H3,(H,24,26)(H,25,27)/t17-,18+,19-/m0/s1. The zero-order valence-corrected chi connectivity index (χ0v) is 17.7. The van der Waals surface area contributed by atoms with Crippen LogP contribution in [-0.2, 0) is 9.59 Å². The molecule has 2 amide bonds. The van der Waals surface area contributed by atoms with E-state index < -0.39 is 12.2 Å². The van der Waals surface area contributed by atoms with Gasteiger partial charge in [-0.2, -0.15) is 0 Å². The second kappa shape index (κ2) is 10.5. The molecule has 0 saturated heterocycles. The zero-order valence-electron chi connectivity index (χ0n) is 17.7. The van der Waals surface area contributed by atoms with E-state index in [1.165, 1.54) is 0 Å². The molecule has 156 valence electrons. The predicted octanol–water partition coefficient (Wildman–Crippen LogP) is 3.16. The summed E-state index contributed by atoms with van der Waals surface area (Å²) in [7, 11) is 0. The highest BCUT2D eigenvalue weighted by Crippen LogP contribution is 2.14. The number of amides is 2. The van der Waals surface area contributed by atoms with E-state index >= 15 is 0 Å². The fraction of sp³-hybridized carbons (Fsp3) is 0.391. The smallest absolute Gasteiger partial charge is 0.261 e. The number of hydrogen-bond donors (Lipinski definition) is 2. The molecule has 0 radical (unpaired) electrons. The Morgan fingerprint density at radius 2 is 1.17 bits per heavy atom. The Bertz CT molecular complexity index is 803. The molecule has 0 aliphatic carbocycles. The van der Waals surface area contributed by atoms with Gasteiger partial charge in [-0.25, -0.2) is 0 Å². The van der Waals surface area contributed by atoms with Crippen LogP contribution in [0.3, 0.4) is 0 Å². The average Bonchev–Trinajstić information content (AvgIpc) is 2.69. The third kappa shape index (κ3) is 7.49. The first-order chi connectivity index (χ1) is 13.7. The molecular formula is C23H30N2O4. The largest absolute Gasteiger partial charge is 0.481 e. The molecule has 2 rings (SSSR count).